The Kier molecular flexibility index (Phi) is 16.2. The van der Waals surface area contributed by atoms with E-state index >= 15 is 0 Å². The molecule has 0 aliphatic heterocycles. The number of hydrogen-bond donors (Lipinski definition) is 1. The van der Waals surface area contributed by atoms with Crippen LogP contribution in [0.25, 0.3) is 0 Å². The molecule has 5 nitrogen and oxygen atoms in total. The van der Waals surface area contributed by atoms with Crippen LogP contribution in [0, 0.1) is 0 Å². The van der Waals surface area contributed by atoms with Gasteiger partial charge in [0.25, 0.3) is 0 Å². The van der Waals surface area contributed by atoms with Gasteiger partial charge in [0.15, 0.2) is 11.5 Å². The fourth-order valence-electron chi connectivity index (χ4n) is 4.16. The third kappa shape index (κ3) is 14.1. The molecule has 0 spiro atoms. The van der Waals surface area contributed by atoms with Gasteiger partial charge in [-0.1, -0.05) is 108 Å². The summed E-state index contributed by atoms with van der Waals surface area (Å²) in [5.74, 6) is 1.20. The van der Waals surface area contributed by atoms with E-state index in [9.17, 15) is 4.79 Å². The van der Waals surface area contributed by atoms with Crippen LogP contribution in [0.2, 0.25) is 5.02 Å². The lowest BCUT2D eigenvalue weighted by Crippen LogP contribution is -2.16. The fourth-order valence-corrected chi connectivity index (χ4v) is 4.29. The molecule has 2 aromatic rings. The molecule has 0 fully saturated rings. The first-order chi connectivity index (χ1) is 18.1. The normalized spacial score (nSPS) is 11.1. The van der Waals surface area contributed by atoms with Gasteiger partial charge in [0.1, 0.15) is 6.61 Å². The summed E-state index contributed by atoms with van der Waals surface area (Å²) in [7, 11) is 1.60. The van der Waals surface area contributed by atoms with Crippen LogP contribution in [0.3, 0.4) is 0 Å². The lowest BCUT2D eigenvalue weighted by molar-refractivity contribution is -0.121. The Hall–Kier alpha value is -2.53. The van der Waals surface area contributed by atoms with Gasteiger partial charge in [0.2, 0.25) is 5.91 Å². The summed E-state index contributed by atoms with van der Waals surface area (Å²) in [6, 6.07) is 13.1. The summed E-state index contributed by atoms with van der Waals surface area (Å²) in [5.41, 5.74) is 4.46. The minimum absolute atomic E-state index is 0.0470. The van der Waals surface area contributed by atoms with Crippen LogP contribution in [0.5, 0.6) is 11.5 Å². The van der Waals surface area contributed by atoms with Crippen molar-refractivity contribution in [1.82, 2.24) is 5.43 Å². The maximum absolute atomic E-state index is 12.1. The number of hydrazone groups is 1. The number of halogens is 1. The van der Waals surface area contributed by atoms with E-state index in [4.69, 9.17) is 21.1 Å². The number of hydrogen-bond acceptors (Lipinski definition) is 4. The summed E-state index contributed by atoms with van der Waals surface area (Å²) < 4.78 is 11.3. The van der Waals surface area contributed by atoms with Gasteiger partial charge in [0, 0.05) is 11.4 Å². The average molecular weight is 529 g/mol. The van der Waals surface area contributed by atoms with Crippen molar-refractivity contribution in [3.63, 3.8) is 0 Å². The SMILES string of the molecule is CCCCCCCCCCCCCCCC(=O)NN=Cc1ccc(OCc2ccc(Cl)cc2)c(OC)c1. The first-order valence-corrected chi connectivity index (χ1v) is 14.4. The summed E-state index contributed by atoms with van der Waals surface area (Å²) in [4.78, 5) is 12.1. The van der Waals surface area contributed by atoms with Crippen LogP contribution >= 0.6 is 11.6 Å². The van der Waals surface area contributed by atoms with E-state index in [0.717, 1.165) is 24.0 Å². The molecule has 0 aliphatic carbocycles. The van der Waals surface area contributed by atoms with Crippen LogP contribution < -0.4 is 14.9 Å². The van der Waals surface area contributed by atoms with Crippen LogP contribution in [-0.4, -0.2) is 19.2 Å². The van der Waals surface area contributed by atoms with Crippen molar-refractivity contribution in [3.05, 3.63) is 58.6 Å². The van der Waals surface area contributed by atoms with Gasteiger partial charge in [-0.3, -0.25) is 4.79 Å². The zero-order valence-corrected chi connectivity index (χ0v) is 23.5. The van der Waals surface area contributed by atoms with E-state index in [0.29, 0.717) is 29.5 Å². The van der Waals surface area contributed by atoms with E-state index in [-0.39, 0.29) is 5.91 Å². The highest BCUT2D eigenvalue weighted by atomic mass is 35.5. The van der Waals surface area contributed by atoms with Gasteiger partial charge >= 0.3 is 0 Å². The molecule has 1 N–H and O–H groups in total. The highest BCUT2D eigenvalue weighted by Crippen LogP contribution is 2.28. The van der Waals surface area contributed by atoms with E-state index in [1.54, 1.807) is 13.3 Å². The molecule has 0 heterocycles. The molecular weight excluding hydrogens is 484 g/mol. The topological polar surface area (TPSA) is 59.9 Å². The smallest absolute Gasteiger partial charge is 0.240 e. The molecule has 37 heavy (non-hydrogen) atoms. The Labute approximate surface area is 229 Å². The highest BCUT2D eigenvalue weighted by molar-refractivity contribution is 6.30. The van der Waals surface area contributed by atoms with Crippen molar-refractivity contribution in [3.8, 4) is 11.5 Å². The van der Waals surface area contributed by atoms with E-state index in [1.165, 1.54) is 70.6 Å². The number of nitrogens with one attached hydrogen (secondary N) is 1. The minimum Gasteiger partial charge on any atom is -0.493 e. The minimum atomic E-state index is -0.0470. The number of carbonyl (C=O) groups is 1. The predicted octanol–water partition coefficient (Wildman–Crippen LogP) is 8.86. The molecule has 0 saturated heterocycles. The number of nitrogens with zero attached hydrogens (tertiary/aromatic N) is 1. The number of rotatable bonds is 20. The largest absolute Gasteiger partial charge is 0.493 e. The zero-order chi connectivity index (χ0) is 26.6. The zero-order valence-electron chi connectivity index (χ0n) is 22.8. The summed E-state index contributed by atoms with van der Waals surface area (Å²) in [6.07, 6.45) is 19.0. The van der Waals surface area contributed by atoms with Crippen molar-refractivity contribution >= 4 is 23.7 Å². The summed E-state index contributed by atoms with van der Waals surface area (Å²) >= 11 is 5.93. The third-order valence-electron chi connectivity index (χ3n) is 6.41. The number of amides is 1. The Morgan fingerprint density at radius 2 is 1.43 bits per heavy atom. The van der Waals surface area contributed by atoms with E-state index < -0.39 is 0 Å². The van der Waals surface area contributed by atoms with Crippen LogP contribution in [0.15, 0.2) is 47.6 Å². The standard InChI is InChI=1S/C31H45ClN2O3/c1-3-4-5-6-7-8-9-10-11-12-13-14-15-16-31(35)34-33-24-27-19-22-29(30(23-27)36-2)37-25-26-17-20-28(32)21-18-26/h17-24H,3-16,25H2,1-2H3,(H,34,35). The van der Waals surface area contributed by atoms with Crippen LogP contribution in [0.1, 0.15) is 108 Å². The van der Waals surface area contributed by atoms with Gasteiger partial charge in [-0.25, -0.2) is 5.43 Å². The maximum atomic E-state index is 12.1. The Bertz CT molecular complexity index is 915. The molecule has 1 amide bonds. The van der Waals surface area contributed by atoms with Crippen molar-refractivity contribution in [2.45, 2.75) is 103 Å². The number of methoxy groups -OCH3 is 1. The Balaban J connectivity index is 1.56. The second kappa shape index (κ2) is 19.6. The van der Waals surface area contributed by atoms with Gasteiger partial charge in [-0.05, 0) is 47.9 Å². The van der Waals surface area contributed by atoms with Crippen molar-refractivity contribution in [2.75, 3.05) is 7.11 Å². The predicted molar refractivity (Wildman–Crippen MR) is 155 cm³/mol. The third-order valence-corrected chi connectivity index (χ3v) is 6.66. The summed E-state index contributed by atoms with van der Waals surface area (Å²) in [6.45, 7) is 2.68. The van der Waals surface area contributed by atoms with Crippen molar-refractivity contribution < 1.29 is 14.3 Å². The Morgan fingerprint density at radius 1 is 0.838 bits per heavy atom. The molecule has 2 aromatic carbocycles. The molecule has 204 valence electrons. The van der Waals surface area contributed by atoms with Gasteiger partial charge < -0.3 is 9.47 Å². The number of ether oxygens (including phenoxy) is 2. The fraction of sp³-hybridized carbons (Fsp3) is 0.548. The van der Waals surface area contributed by atoms with Gasteiger partial charge in [-0.15, -0.1) is 0 Å². The summed E-state index contributed by atoms with van der Waals surface area (Å²) in [5, 5.41) is 4.79. The van der Waals surface area contributed by atoms with E-state index in [2.05, 4.69) is 17.5 Å². The molecule has 0 atom stereocenters. The molecule has 0 saturated carbocycles. The van der Waals surface area contributed by atoms with Gasteiger partial charge in [-0.2, -0.15) is 5.10 Å². The van der Waals surface area contributed by atoms with Crippen molar-refractivity contribution in [2.24, 2.45) is 5.10 Å². The molecule has 0 unspecified atom stereocenters. The number of unbranched alkanes of at least 4 members (excludes halogenated alkanes) is 12. The Morgan fingerprint density at radius 3 is 2.03 bits per heavy atom. The second-order valence-electron chi connectivity index (χ2n) is 9.61. The van der Waals surface area contributed by atoms with Crippen LogP contribution in [-0.2, 0) is 11.4 Å². The maximum Gasteiger partial charge on any atom is 0.240 e. The molecule has 0 bridgehead atoms. The first-order valence-electron chi connectivity index (χ1n) is 14.0. The molecule has 6 heteroatoms. The highest BCUT2D eigenvalue weighted by Gasteiger charge is 2.06. The molecule has 0 aromatic heterocycles. The molecule has 0 aliphatic rings. The van der Waals surface area contributed by atoms with Crippen molar-refractivity contribution in [1.29, 1.82) is 0 Å². The molecule has 2 rings (SSSR count). The lowest BCUT2D eigenvalue weighted by atomic mass is 10.0. The van der Waals surface area contributed by atoms with Crippen LogP contribution in [0.4, 0.5) is 0 Å². The number of benzene rings is 2. The second-order valence-corrected chi connectivity index (χ2v) is 10.0. The monoisotopic (exact) mass is 528 g/mol. The average Bonchev–Trinajstić information content (AvgIpc) is 2.91. The first kappa shape index (κ1) is 30.7. The quantitative estimate of drug-likeness (QED) is 0.106. The lowest BCUT2D eigenvalue weighted by Gasteiger charge is -2.11. The molecule has 0 radical (unpaired) electrons. The van der Waals surface area contributed by atoms with Gasteiger partial charge in [0.05, 0.1) is 13.3 Å². The van der Waals surface area contributed by atoms with E-state index in [1.807, 2.05) is 42.5 Å². The number of carbonyl (C=O) groups excluding carboxylic acids is 1. The molecular formula is C31H45ClN2O3.